The van der Waals surface area contributed by atoms with Gasteiger partial charge in [-0.15, -0.1) is 0 Å². The van der Waals surface area contributed by atoms with Gasteiger partial charge in [-0.05, 0) is 31.5 Å². The van der Waals surface area contributed by atoms with Crippen molar-refractivity contribution in [3.05, 3.63) is 35.4 Å². The zero-order chi connectivity index (χ0) is 15.5. The summed E-state index contributed by atoms with van der Waals surface area (Å²) in [4.78, 5) is 23.5. The molecule has 112 valence electrons. The predicted octanol–water partition coefficient (Wildman–Crippen LogP) is 0.643. The Morgan fingerprint density at radius 2 is 1.95 bits per heavy atom. The summed E-state index contributed by atoms with van der Waals surface area (Å²) < 4.78 is 0. The molecule has 2 amide bonds. The van der Waals surface area contributed by atoms with Crippen LogP contribution in [0.1, 0.15) is 35.7 Å². The number of hydrogen-bond donors (Lipinski definition) is 3. The lowest BCUT2D eigenvalue weighted by Gasteiger charge is -2.06. The number of carbonyl (C=O) groups is 2. The van der Waals surface area contributed by atoms with E-state index in [2.05, 4.69) is 22.5 Å². The lowest BCUT2D eigenvalue weighted by atomic mass is 10.1. The predicted molar refractivity (Wildman–Crippen MR) is 82.6 cm³/mol. The fraction of sp³-hybridized carbons (Fsp3) is 0.375. The number of rotatable bonds is 6. The van der Waals surface area contributed by atoms with Crippen LogP contribution in [-0.4, -0.2) is 31.4 Å². The van der Waals surface area contributed by atoms with Gasteiger partial charge in [-0.1, -0.05) is 25.0 Å². The van der Waals surface area contributed by atoms with Gasteiger partial charge in [0, 0.05) is 24.6 Å². The van der Waals surface area contributed by atoms with E-state index < -0.39 is 0 Å². The van der Waals surface area contributed by atoms with Crippen molar-refractivity contribution in [1.82, 2.24) is 10.6 Å². The Bertz CT molecular complexity index is 544. The second kappa shape index (κ2) is 9.56. The molecule has 1 rings (SSSR count). The quantitative estimate of drug-likeness (QED) is 0.530. The van der Waals surface area contributed by atoms with E-state index in [1.807, 2.05) is 6.92 Å². The number of nitrogens with two attached hydrogens (primary N) is 1. The molecule has 0 atom stereocenters. The zero-order valence-electron chi connectivity index (χ0n) is 12.2. The van der Waals surface area contributed by atoms with Crippen LogP contribution in [-0.2, 0) is 4.79 Å². The highest BCUT2D eigenvalue weighted by Gasteiger charge is 2.08. The molecule has 0 saturated carbocycles. The summed E-state index contributed by atoms with van der Waals surface area (Å²) >= 11 is 0. The molecule has 0 unspecified atom stereocenters. The topological polar surface area (TPSA) is 84.2 Å². The van der Waals surface area contributed by atoms with Crippen LogP contribution in [0.5, 0.6) is 0 Å². The van der Waals surface area contributed by atoms with Crippen molar-refractivity contribution in [2.45, 2.75) is 19.8 Å². The van der Waals surface area contributed by atoms with E-state index in [9.17, 15) is 9.59 Å². The van der Waals surface area contributed by atoms with E-state index in [0.29, 0.717) is 30.8 Å². The highest BCUT2D eigenvalue weighted by molar-refractivity contribution is 5.98. The third-order valence-corrected chi connectivity index (χ3v) is 2.68. The molecule has 4 N–H and O–H groups in total. The van der Waals surface area contributed by atoms with Gasteiger partial charge in [0.2, 0.25) is 0 Å². The summed E-state index contributed by atoms with van der Waals surface area (Å²) in [6.07, 6.45) is 1.58. The summed E-state index contributed by atoms with van der Waals surface area (Å²) in [7, 11) is 0. The Hall–Kier alpha value is -2.32. The first kappa shape index (κ1) is 16.7. The molecule has 0 aromatic heterocycles. The summed E-state index contributed by atoms with van der Waals surface area (Å²) in [6.45, 7) is 3.61. The Kier molecular flexibility index (Phi) is 7.62. The summed E-state index contributed by atoms with van der Waals surface area (Å²) in [5.41, 5.74) is 6.39. The molecule has 21 heavy (non-hydrogen) atoms. The summed E-state index contributed by atoms with van der Waals surface area (Å²) in [5.74, 6) is 4.70. The number of nitrogens with one attached hydrogen (secondary N) is 2. The Labute approximate surface area is 125 Å². The minimum atomic E-state index is -0.338. The fourth-order valence-electron chi connectivity index (χ4n) is 1.60. The van der Waals surface area contributed by atoms with Gasteiger partial charge in [-0.2, -0.15) is 0 Å². The van der Waals surface area contributed by atoms with Crippen molar-refractivity contribution in [2.75, 3.05) is 19.6 Å². The van der Waals surface area contributed by atoms with Gasteiger partial charge in [-0.25, -0.2) is 0 Å². The van der Waals surface area contributed by atoms with E-state index >= 15 is 0 Å². The number of benzene rings is 1. The average Bonchev–Trinajstić information content (AvgIpc) is 2.51. The van der Waals surface area contributed by atoms with Crippen LogP contribution < -0.4 is 16.4 Å². The normalized spacial score (nSPS) is 9.43. The average molecular weight is 287 g/mol. The smallest absolute Gasteiger partial charge is 0.296 e. The molecule has 0 aliphatic rings. The number of amides is 2. The molecule has 0 saturated heterocycles. The second-order valence-corrected chi connectivity index (χ2v) is 4.45. The second-order valence-electron chi connectivity index (χ2n) is 4.45. The van der Waals surface area contributed by atoms with Crippen molar-refractivity contribution in [1.29, 1.82) is 0 Å². The van der Waals surface area contributed by atoms with Crippen LogP contribution in [0, 0.1) is 11.8 Å². The van der Waals surface area contributed by atoms with Crippen molar-refractivity contribution in [2.24, 2.45) is 5.73 Å². The van der Waals surface area contributed by atoms with Gasteiger partial charge in [0.15, 0.2) is 0 Å². The van der Waals surface area contributed by atoms with Crippen molar-refractivity contribution < 1.29 is 9.59 Å². The van der Waals surface area contributed by atoms with Gasteiger partial charge < -0.3 is 16.4 Å². The van der Waals surface area contributed by atoms with Gasteiger partial charge in [-0.3, -0.25) is 9.59 Å². The Morgan fingerprint density at radius 1 is 1.19 bits per heavy atom. The van der Waals surface area contributed by atoms with E-state index in [1.165, 1.54) is 0 Å². The third-order valence-electron chi connectivity index (χ3n) is 2.68. The fourth-order valence-corrected chi connectivity index (χ4v) is 1.60. The van der Waals surface area contributed by atoms with E-state index in [4.69, 9.17) is 5.73 Å². The first-order valence-corrected chi connectivity index (χ1v) is 7.06. The molecule has 0 heterocycles. The minimum absolute atomic E-state index is 0.206. The van der Waals surface area contributed by atoms with Crippen molar-refractivity contribution in [3.63, 3.8) is 0 Å². The molecular weight excluding hydrogens is 266 g/mol. The van der Waals surface area contributed by atoms with E-state index in [1.54, 1.807) is 24.3 Å². The molecule has 5 nitrogen and oxygen atoms in total. The van der Waals surface area contributed by atoms with Gasteiger partial charge in [0.05, 0.1) is 5.56 Å². The highest BCUT2D eigenvalue weighted by Crippen LogP contribution is 2.07. The van der Waals surface area contributed by atoms with Gasteiger partial charge in [0.1, 0.15) is 0 Å². The number of hydrogen-bond acceptors (Lipinski definition) is 3. The van der Waals surface area contributed by atoms with Crippen LogP contribution in [0.3, 0.4) is 0 Å². The van der Waals surface area contributed by atoms with Crippen LogP contribution in [0.2, 0.25) is 0 Å². The molecule has 1 aromatic rings. The van der Waals surface area contributed by atoms with Crippen molar-refractivity contribution in [3.8, 4) is 11.8 Å². The molecule has 0 bridgehead atoms. The number of carbonyl (C=O) groups excluding carboxylic acids is 2. The van der Waals surface area contributed by atoms with Gasteiger partial charge in [0.25, 0.3) is 11.8 Å². The third kappa shape index (κ3) is 6.11. The maximum absolute atomic E-state index is 12.0. The molecule has 0 aliphatic heterocycles. The van der Waals surface area contributed by atoms with Crippen molar-refractivity contribution >= 4 is 11.8 Å². The van der Waals surface area contributed by atoms with Crippen LogP contribution in [0.25, 0.3) is 0 Å². The van der Waals surface area contributed by atoms with Crippen LogP contribution >= 0.6 is 0 Å². The summed E-state index contributed by atoms with van der Waals surface area (Å²) in [5, 5.41) is 5.44. The lowest BCUT2D eigenvalue weighted by Crippen LogP contribution is -2.26. The molecule has 0 radical (unpaired) electrons. The van der Waals surface area contributed by atoms with E-state index in [0.717, 1.165) is 12.8 Å². The first-order chi connectivity index (χ1) is 10.2. The molecule has 0 aliphatic carbocycles. The lowest BCUT2D eigenvalue weighted by molar-refractivity contribution is -0.115. The molecule has 0 fully saturated rings. The molecule has 1 aromatic carbocycles. The SMILES string of the molecule is CCCNC(=O)C#Cc1ccccc1C(=O)NCCCN. The molecular formula is C16H21N3O2. The monoisotopic (exact) mass is 287 g/mol. The molecule has 5 heteroatoms. The highest BCUT2D eigenvalue weighted by atomic mass is 16.2. The largest absolute Gasteiger partial charge is 0.352 e. The Balaban J connectivity index is 2.77. The van der Waals surface area contributed by atoms with Gasteiger partial charge >= 0.3 is 0 Å². The summed E-state index contributed by atoms with van der Waals surface area (Å²) in [6, 6.07) is 6.95. The maximum Gasteiger partial charge on any atom is 0.296 e. The van der Waals surface area contributed by atoms with Crippen LogP contribution in [0.4, 0.5) is 0 Å². The maximum atomic E-state index is 12.0. The zero-order valence-corrected chi connectivity index (χ0v) is 12.2. The first-order valence-electron chi connectivity index (χ1n) is 7.06. The van der Waals surface area contributed by atoms with E-state index in [-0.39, 0.29) is 11.8 Å². The van der Waals surface area contributed by atoms with Crippen LogP contribution in [0.15, 0.2) is 24.3 Å². The minimum Gasteiger partial charge on any atom is -0.352 e. The standard InChI is InChI=1S/C16H21N3O2/c1-2-11-18-15(20)9-8-13-6-3-4-7-14(13)16(21)19-12-5-10-17/h3-4,6-7H,2,5,10-12,17H2,1H3,(H,18,20)(H,19,21). The molecule has 0 spiro atoms. The Morgan fingerprint density at radius 3 is 2.67 bits per heavy atom.